The lowest BCUT2D eigenvalue weighted by Crippen LogP contribution is -2.44. The lowest BCUT2D eigenvalue weighted by Gasteiger charge is -2.28. The maximum absolute atomic E-state index is 11.3. The van der Waals surface area contributed by atoms with Gasteiger partial charge < -0.3 is 25.2 Å². The minimum atomic E-state index is -1.75. The number of unbranched alkanes of at least 4 members (excludes halogenated alkanes) is 2. The van der Waals surface area contributed by atoms with Crippen molar-refractivity contribution in [1.82, 2.24) is 0 Å². The van der Waals surface area contributed by atoms with Gasteiger partial charge in [0.15, 0.2) is 5.60 Å². The van der Waals surface area contributed by atoms with Gasteiger partial charge in [0, 0.05) is 19.8 Å². The number of aliphatic carboxylic acids is 2. The Hall–Kier alpha value is -1.18. The van der Waals surface area contributed by atoms with Crippen molar-refractivity contribution in [3.8, 4) is 0 Å². The standard InChI is InChI=1S/C12H22O7/c13-6-2-1-5-12(11(17)18,9-10(15)16)19-8-4-3-7-14/h13-14H,1-9H2,(H,15,16)(H,17,18). The number of ether oxygens (including phenoxy) is 1. The number of carboxylic acids is 2. The number of hydrogen-bond acceptors (Lipinski definition) is 5. The molecule has 1 unspecified atom stereocenters. The number of rotatable bonds is 12. The second-order valence-electron chi connectivity index (χ2n) is 4.33. The first kappa shape index (κ1) is 17.8. The van der Waals surface area contributed by atoms with Crippen LogP contribution in [0.1, 0.15) is 38.5 Å². The predicted molar refractivity (Wildman–Crippen MR) is 65.8 cm³/mol. The van der Waals surface area contributed by atoms with Crippen molar-refractivity contribution >= 4 is 11.9 Å². The summed E-state index contributed by atoms with van der Waals surface area (Å²) in [6.45, 7) is -0.0145. The van der Waals surface area contributed by atoms with E-state index in [2.05, 4.69) is 0 Å². The van der Waals surface area contributed by atoms with Crippen LogP contribution >= 0.6 is 0 Å². The van der Waals surface area contributed by atoms with Crippen LogP contribution in [0.3, 0.4) is 0 Å². The van der Waals surface area contributed by atoms with Gasteiger partial charge in [-0.05, 0) is 32.1 Å². The minimum Gasteiger partial charge on any atom is -0.481 e. The second-order valence-corrected chi connectivity index (χ2v) is 4.33. The Bertz CT molecular complexity index is 279. The average molecular weight is 278 g/mol. The zero-order valence-corrected chi connectivity index (χ0v) is 10.9. The van der Waals surface area contributed by atoms with Crippen molar-refractivity contribution in [2.24, 2.45) is 0 Å². The van der Waals surface area contributed by atoms with Crippen LogP contribution in [0.4, 0.5) is 0 Å². The average Bonchev–Trinajstić information content (AvgIpc) is 2.33. The molecule has 0 amide bonds. The quantitative estimate of drug-likeness (QED) is 0.377. The molecule has 0 aromatic carbocycles. The van der Waals surface area contributed by atoms with E-state index in [-0.39, 0.29) is 26.2 Å². The zero-order valence-electron chi connectivity index (χ0n) is 10.9. The Morgan fingerprint density at radius 3 is 2.00 bits per heavy atom. The van der Waals surface area contributed by atoms with Crippen molar-refractivity contribution in [2.45, 2.75) is 44.1 Å². The highest BCUT2D eigenvalue weighted by Crippen LogP contribution is 2.25. The third-order valence-corrected chi connectivity index (χ3v) is 2.75. The van der Waals surface area contributed by atoms with Crippen LogP contribution in [-0.4, -0.2) is 57.8 Å². The van der Waals surface area contributed by atoms with Crippen molar-refractivity contribution < 1.29 is 34.8 Å². The minimum absolute atomic E-state index is 0.0210. The first-order chi connectivity index (χ1) is 8.98. The summed E-state index contributed by atoms with van der Waals surface area (Å²) < 4.78 is 5.28. The van der Waals surface area contributed by atoms with E-state index < -0.39 is 24.0 Å². The molecule has 7 nitrogen and oxygen atoms in total. The number of carboxylic acid groups (broad SMARTS) is 2. The molecular weight excluding hydrogens is 256 g/mol. The van der Waals surface area contributed by atoms with Crippen molar-refractivity contribution in [2.75, 3.05) is 19.8 Å². The molecule has 0 radical (unpaired) electrons. The van der Waals surface area contributed by atoms with Gasteiger partial charge in [-0.25, -0.2) is 4.79 Å². The molecule has 0 rings (SSSR count). The van der Waals surface area contributed by atoms with E-state index in [1.807, 2.05) is 0 Å². The summed E-state index contributed by atoms with van der Waals surface area (Å²) in [5.74, 6) is -2.55. The molecule has 0 saturated carbocycles. The molecule has 19 heavy (non-hydrogen) atoms. The molecule has 0 bridgehead atoms. The molecule has 4 N–H and O–H groups in total. The fourth-order valence-electron chi connectivity index (χ4n) is 1.70. The van der Waals surface area contributed by atoms with Gasteiger partial charge in [0.1, 0.15) is 0 Å². The van der Waals surface area contributed by atoms with Gasteiger partial charge in [-0.3, -0.25) is 4.79 Å². The number of carbonyl (C=O) groups is 2. The normalized spacial score (nSPS) is 14.0. The Labute approximate surface area is 111 Å². The van der Waals surface area contributed by atoms with E-state index in [1.54, 1.807) is 0 Å². The van der Waals surface area contributed by atoms with Crippen LogP contribution < -0.4 is 0 Å². The lowest BCUT2D eigenvalue weighted by molar-refractivity contribution is -0.174. The van der Waals surface area contributed by atoms with E-state index in [0.717, 1.165) is 0 Å². The molecule has 0 heterocycles. The summed E-state index contributed by atoms with van der Waals surface area (Å²) in [6, 6.07) is 0. The first-order valence-corrected chi connectivity index (χ1v) is 6.29. The van der Waals surface area contributed by atoms with Crippen molar-refractivity contribution in [3.63, 3.8) is 0 Å². The van der Waals surface area contributed by atoms with Crippen LogP contribution in [0.25, 0.3) is 0 Å². The molecule has 0 fully saturated rings. The van der Waals surface area contributed by atoms with E-state index in [4.69, 9.17) is 20.1 Å². The van der Waals surface area contributed by atoms with Crippen LogP contribution in [0, 0.1) is 0 Å². The molecule has 112 valence electrons. The molecule has 0 aliphatic heterocycles. The zero-order chi connectivity index (χ0) is 14.7. The number of aliphatic hydroxyl groups is 2. The van der Waals surface area contributed by atoms with Crippen LogP contribution in [0.5, 0.6) is 0 Å². The smallest absolute Gasteiger partial charge is 0.336 e. The summed E-state index contributed by atoms with van der Waals surface area (Å²) in [5, 5.41) is 35.4. The second kappa shape index (κ2) is 9.71. The molecule has 0 aromatic rings. The topological polar surface area (TPSA) is 124 Å². The third kappa shape index (κ3) is 7.09. The maximum Gasteiger partial charge on any atom is 0.336 e. The fourth-order valence-corrected chi connectivity index (χ4v) is 1.70. The highest BCUT2D eigenvalue weighted by Gasteiger charge is 2.41. The van der Waals surface area contributed by atoms with Gasteiger partial charge >= 0.3 is 11.9 Å². The fraction of sp³-hybridized carbons (Fsp3) is 0.833. The van der Waals surface area contributed by atoms with E-state index in [9.17, 15) is 14.7 Å². The SMILES string of the molecule is O=C(O)CC(CCCCO)(OCCCCO)C(=O)O. The monoisotopic (exact) mass is 278 g/mol. The summed E-state index contributed by atoms with van der Waals surface area (Å²) >= 11 is 0. The van der Waals surface area contributed by atoms with Crippen LogP contribution in [0.2, 0.25) is 0 Å². The Kier molecular flexibility index (Phi) is 9.11. The van der Waals surface area contributed by atoms with Gasteiger partial charge in [-0.15, -0.1) is 0 Å². The molecule has 0 saturated heterocycles. The highest BCUT2D eigenvalue weighted by atomic mass is 16.5. The third-order valence-electron chi connectivity index (χ3n) is 2.75. The Morgan fingerprint density at radius 2 is 1.53 bits per heavy atom. The number of hydrogen-bond donors (Lipinski definition) is 4. The van der Waals surface area contributed by atoms with E-state index in [0.29, 0.717) is 25.7 Å². The van der Waals surface area contributed by atoms with E-state index >= 15 is 0 Å². The van der Waals surface area contributed by atoms with Gasteiger partial charge in [0.05, 0.1) is 6.42 Å². The van der Waals surface area contributed by atoms with Gasteiger partial charge in [-0.1, -0.05) is 0 Å². The molecular formula is C12H22O7. The summed E-state index contributed by atoms with van der Waals surface area (Å²) in [6.07, 6.45) is 1.12. The first-order valence-electron chi connectivity index (χ1n) is 6.29. The predicted octanol–water partition coefficient (Wildman–Crippen LogP) is 0.236. The largest absolute Gasteiger partial charge is 0.481 e. The van der Waals surface area contributed by atoms with E-state index in [1.165, 1.54) is 0 Å². The molecule has 1 atom stereocenters. The highest BCUT2D eigenvalue weighted by molar-refractivity contribution is 5.83. The van der Waals surface area contributed by atoms with Gasteiger partial charge in [-0.2, -0.15) is 0 Å². The molecule has 7 heteroatoms. The van der Waals surface area contributed by atoms with Gasteiger partial charge in [0.2, 0.25) is 0 Å². The molecule has 0 aliphatic carbocycles. The number of aliphatic hydroxyl groups excluding tert-OH is 2. The van der Waals surface area contributed by atoms with Crippen LogP contribution in [0.15, 0.2) is 0 Å². The summed E-state index contributed by atoms with van der Waals surface area (Å²) in [7, 11) is 0. The molecule has 0 aliphatic rings. The Balaban J connectivity index is 4.61. The maximum atomic E-state index is 11.3. The van der Waals surface area contributed by atoms with Crippen LogP contribution in [-0.2, 0) is 14.3 Å². The molecule has 0 aromatic heterocycles. The summed E-state index contributed by atoms with van der Waals surface area (Å²) in [4.78, 5) is 22.1. The van der Waals surface area contributed by atoms with Gasteiger partial charge in [0.25, 0.3) is 0 Å². The van der Waals surface area contributed by atoms with Crippen molar-refractivity contribution in [3.05, 3.63) is 0 Å². The molecule has 0 spiro atoms. The lowest BCUT2D eigenvalue weighted by atomic mass is 9.92. The Morgan fingerprint density at radius 1 is 0.947 bits per heavy atom. The van der Waals surface area contributed by atoms with Crippen molar-refractivity contribution in [1.29, 1.82) is 0 Å². The summed E-state index contributed by atoms with van der Waals surface area (Å²) in [5.41, 5.74) is -1.75.